The Morgan fingerprint density at radius 1 is 1.32 bits per heavy atom. The lowest BCUT2D eigenvalue weighted by Gasteiger charge is -2.15. The van der Waals surface area contributed by atoms with E-state index >= 15 is 0 Å². The maximum atomic E-state index is 13.0. The molecule has 0 bridgehead atoms. The van der Waals surface area contributed by atoms with E-state index in [1.54, 1.807) is 0 Å². The lowest BCUT2D eigenvalue weighted by molar-refractivity contribution is -0.153. The molecule has 1 aliphatic carbocycles. The zero-order valence-electron chi connectivity index (χ0n) is 17.7. The van der Waals surface area contributed by atoms with Gasteiger partial charge in [0.05, 0.1) is 18.7 Å². The number of aromatic nitrogens is 4. The van der Waals surface area contributed by atoms with Crippen molar-refractivity contribution in [1.29, 1.82) is 0 Å². The van der Waals surface area contributed by atoms with Gasteiger partial charge in [-0.05, 0) is 43.4 Å². The van der Waals surface area contributed by atoms with E-state index in [1.807, 2.05) is 0 Å². The molecule has 0 radical (unpaired) electrons. The topological polar surface area (TPSA) is 138 Å². The van der Waals surface area contributed by atoms with Crippen LogP contribution in [0.2, 0.25) is 0 Å². The van der Waals surface area contributed by atoms with Crippen LogP contribution >= 0.6 is 0 Å². The number of rotatable bonds is 9. The SMILES string of the molecule is NS(=O)OCC1CCC(Nc2ncncc2C(=O)c2ccn(Cc3ccc(C(F)(F)F)o3)n2)C1. The van der Waals surface area contributed by atoms with E-state index in [2.05, 4.69) is 20.4 Å². The molecule has 1 saturated carbocycles. The van der Waals surface area contributed by atoms with E-state index in [-0.39, 0.29) is 42.1 Å². The molecule has 10 nitrogen and oxygen atoms in total. The molecule has 1 fully saturated rings. The number of carbonyl (C=O) groups excluding carboxylic acids is 1. The molecule has 34 heavy (non-hydrogen) atoms. The lowest BCUT2D eigenvalue weighted by Crippen LogP contribution is -2.20. The van der Waals surface area contributed by atoms with Crippen molar-refractivity contribution in [3.8, 4) is 0 Å². The van der Waals surface area contributed by atoms with Gasteiger partial charge in [-0.25, -0.2) is 19.3 Å². The molecule has 3 aromatic rings. The molecular weight excluding hydrogens is 477 g/mol. The van der Waals surface area contributed by atoms with Crippen LogP contribution < -0.4 is 10.5 Å². The van der Waals surface area contributed by atoms with E-state index in [1.165, 1.54) is 35.5 Å². The van der Waals surface area contributed by atoms with Crippen molar-refractivity contribution in [1.82, 2.24) is 19.7 Å². The number of nitrogens with zero attached hydrogens (tertiary/aromatic N) is 4. The first-order valence-corrected chi connectivity index (χ1v) is 11.4. The van der Waals surface area contributed by atoms with Gasteiger partial charge >= 0.3 is 6.18 Å². The Bertz CT molecular complexity index is 1180. The first-order valence-electron chi connectivity index (χ1n) is 10.3. The minimum atomic E-state index is -4.57. The number of anilines is 1. The summed E-state index contributed by atoms with van der Waals surface area (Å²) in [6.45, 7) is 0.216. The highest BCUT2D eigenvalue weighted by molar-refractivity contribution is 7.77. The zero-order valence-corrected chi connectivity index (χ0v) is 18.5. The molecule has 4 rings (SSSR count). The third kappa shape index (κ3) is 5.87. The van der Waals surface area contributed by atoms with Gasteiger partial charge in [-0.3, -0.25) is 13.7 Å². The number of nitrogens with two attached hydrogens (primary N) is 1. The monoisotopic (exact) mass is 498 g/mol. The van der Waals surface area contributed by atoms with Gasteiger partial charge in [0.2, 0.25) is 22.8 Å². The standard InChI is InChI=1S/C20H21F3N6O4S/c21-20(22,23)17-4-3-14(33-17)9-29-6-5-16(28-29)18(30)15-8-25-11-26-19(15)27-13-2-1-12(7-13)10-32-34(24)31/h3-6,8,11-13H,1-2,7,9-10,24H2,(H,25,26,27). The van der Waals surface area contributed by atoms with Crippen LogP contribution in [0.5, 0.6) is 0 Å². The van der Waals surface area contributed by atoms with Crippen molar-refractivity contribution in [3.05, 3.63) is 59.7 Å². The first-order chi connectivity index (χ1) is 16.2. The van der Waals surface area contributed by atoms with Crippen LogP contribution in [0, 0.1) is 5.92 Å². The van der Waals surface area contributed by atoms with Crippen LogP contribution in [0.1, 0.15) is 46.8 Å². The normalized spacial score (nSPS) is 19.3. The van der Waals surface area contributed by atoms with Crippen molar-refractivity contribution >= 4 is 22.9 Å². The first kappa shape index (κ1) is 24.0. The largest absolute Gasteiger partial charge is 0.455 e. The van der Waals surface area contributed by atoms with E-state index in [0.29, 0.717) is 5.82 Å². The number of carbonyl (C=O) groups is 1. The van der Waals surface area contributed by atoms with E-state index in [4.69, 9.17) is 13.7 Å². The number of halogens is 3. The third-order valence-electron chi connectivity index (χ3n) is 5.39. The van der Waals surface area contributed by atoms with Gasteiger partial charge in [0.15, 0.2) is 0 Å². The van der Waals surface area contributed by atoms with Crippen LogP contribution in [-0.4, -0.2) is 42.4 Å². The summed E-state index contributed by atoms with van der Waals surface area (Å²) in [6.07, 6.45) is 1.98. The summed E-state index contributed by atoms with van der Waals surface area (Å²) >= 11 is -1.81. The smallest absolute Gasteiger partial charge is 0.449 e. The highest BCUT2D eigenvalue weighted by atomic mass is 32.2. The van der Waals surface area contributed by atoms with Crippen molar-refractivity contribution < 1.29 is 30.8 Å². The third-order valence-corrected chi connectivity index (χ3v) is 5.76. The number of alkyl halides is 3. The molecule has 0 spiro atoms. The molecule has 0 aromatic carbocycles. The molecule has 0 amide bonds. The Balaban J connectivity index is 1.42. The zero-order chi connectivity index (χ0) is 24.3. The quantitative estimate of drug-likeness (QED) is 0.430. The minimum absolute atomic E-state index is 0.0283. The minimum Gasteiger partial charge on any atom is -0.455 e. The molecular formula is C20H21F3N6O4S. The van der Waals surface area contributed by atoms with E-state index in [9.17, 15) is 22.2 Å². The highest BCUT2D eigenvalue weighted by Gasteiger charge is 2.34. The summed E-state index contributed by atoms with van der Waals surface area (Å²) in [7, 11) is 0. The molecule has 3 aromatic heterocycles. The molecule has 14 heteroatoms. The molecule has 0 aliphatic heterocycles. The van der Waals surface area contributed by atoms with Crippen LogP contribution in [0.4, 0.5) is 19.0 Å². The molecule has 3 atom stereocenters. The number of hydrogen-bond donors (Lipinski definition) is 2. The lowest BCUT2D eigenvalue weighted by atomic mass is 10.1. The Morgan fingerprint density at radius 2 is 2.15 bits per heavy atom. The van der Waals surface area contributed by atoms with Gasteiger partial charge in [-0.1, -0.05) is 0 Å². The van der Waals surface area contributed by atoms with Gasteiger partial charge in [-0.2, -0.15) is 18.3 Å². The molecule has 0 saturated heterocycles. The van der Waals surface area contributed by atoms with Crippen LogP contribution in [0.15, 0.2) is 41.3 Å². The van der Waals surface area contributed by atoms with Crippen LogP contribution in [0.25, 0.3) is 0 Å². The summed E-state index contributed by atoms with van der Waals surface area (Å²) in [4.78, 5) is 21.2. The predicted octanol–water partition coefficient (Wildman–Crippen LogP) is 2.70. The Labute approximate surface area is 194 Å². The van der Waals surface area contributed by atoms with Crippen molar-refractivity contribution in [2.24, 2.45) is 11.1 Å². The van der Waals surface area contributed by atoms with Crippen LogP contribution in [-0.2, 0) is 28.2 Å². The Hall–Kier alpha value is -3.10. The fourth-order valence-electron chi connectivity index (χ4n) is 3.81. The second-order valence-corrected chi connectivity index (χ2v) is 8.60. The van der Waals surface area contributed by atoms with Crippen molar-refractivity contribution in [2.75, 3.05) is 11.9 Å². The summed E-state index contributed by atoms with van der Waals surface area (Å²) in [5, 5.41) is 12.5. The van der Waals surface area contributed by atoms with Gasteiger partial charge in [0, 0.05) is 18.4 Å². The molecule has 1 aliphatic rings. The summed E-state index contributed by atoms with van der Waals surface area (Å²) in [5.74, 6) is -0.947. The van der Waals surface area contributed by atoms with Gasteiger partial charge in [0.25, 0.3) is 0 Å². The van der Waals surface area contributed by atoms with Crippen molar-refractivity contribution in [2.45, 2.75) is 38.0 Å². The van der Waals surface area contributed by atoms with Crippen LogP contribution in [0.3, 0.4) is 0 Å². The molecule has 3 heterocycles. The Morgan fingerprint density at radius 3 is 2.88 bits per heavy atom. The van der Waals surface area contributed by atoms with Gasteiger partial charge in [0.1, 0.15) is 23.6 Å². The number of nitrogens with one attached hydrogen (secondary N) is 1. The summed E-state index contributed by atoms with van der Waals surface area (Å²) < 4.78 is 60.1. The fraction of sp³-hybridized carbons (Fsp3) is 0.400. The Kier molecular flexibility index (Phi) is 7.09. The highest BCUT2D eigenvalue weighted by Crippen LogP contribution is 2.31. The number of furan rings is 1. The summed E-state index contributed by atoms with van der Waals surface area (Å²) in [6, 6.07) is 3.55. The second-order valence-electron chi connectivity index (χ2n) is 7.84. The maximum Gasteiger partial charge on any atom is 0.449 e. The maximum absolute atomic E-state index is 13.0. The summed E-state index contributed by atoms with van der Waals surface area (Å²) in [5.41, 5.74) is 0.302. The molecule has 3 unspecified atom stereocenters. The van der Waals surface area contributed by atoms with Gasteiger partial charge < -0.3 is 9.73 Å². The average molecular weight is 498 g/mol. The second kappa shape index (κ2) is 10.0. The fourth-order valence-corrected chi connectivity index (χ4v) is 4.14. The van der Waals surface area contributed by atoms with Crippen molar-refractivity contribution in [3.63, 3.8) is 0 Å². The molecule has 182 valence electrons. The number of ketones is 1. The average Bonchev–Trinajstić information content (AvgIpc) is 3.53. The molecule has 3 N–H and O–H groups in total. The van der Waals surface area contributed by atoms with Gasteiger partial charge in [-0.15, -0.1) is 0 Å². The van der Waals surface area contributed by atoms with E-state index in [0.717, 1.165) is 25.3 Å². The predicted molar refractivity (Wildman–Crippen MR) is 114 cm³/mol. The van der Waals surface area contributed by atoms with E-state index < -0.39 is 29.0 Å². The number of hydrogen-bond acceptors (Lipinski definition) is 8.